The number of hydrogen-bond donors (Lipinski definition) is 0. The van der Waals surface area contributed by atoms with Crippen LogP contribution in [-0.4, -0.2) is 6.71 Å². The molecular formula is C60H71BN2. The number of fused-ring (bicyclic) bond motifs is 5. The summed E-state index contributed by atoms with van der Waals surface area (Å²) < 4.78 is 0. The molecule has 0 spiro atoms. The Morgan fingerprint density at radius 2 is 0.889 bits per heavy atom. The van der Waals surface area contributed by atoms with Crippen molar-refractivity contribution >= 4 is 57.2 Å². The third-order valence-corrected chi connectivity index (χ3v) is 15.0. The number of nitrogens with zero attached hydrogens (tertiary/aromatic N) is 2. The van der Waals surface area contributed by atoms with E-state index in [0.717, 1.165) is 0 Å². The van der Waals surface area contributed by atoms with E-state index in [2.05, 4.69) is 236 Å². The highest BCUT2D eigenvalue weighted by Gasteiger charge is 2.47. The molecule has 0 saturated heterocycles. The number of benzene rings is 6. The zero-order valence-electron chi connectivity index (χ0n) is 41.4. The first kappa shape index (κ1) is 43.2. The highest BCUT2D eigenvalue weighted by atomic mass is 15.2. The van der Waals surface area contributed by atoms with Gasteiger partial charge in [0, 0.05) is 34.0 Å². The van der Waals surface area contributed by atoms with Gasteiger partial charge in [-0.2, -0.15) is 0 Å². The first-order valence-electron chi connectivity index (χ1n) is 23.7. The zero-order valence-corrected chi connectivity index (χ0v) is 41.4. The van der Waals surface area contributed by atoms with E-state index < -0.39 is 0 Å². The fraction of sp³-hybridized carbons (Fsp3) is 0.400. The molecule has 2 nitrogen and oxygen atoms in total. The molecule has 2 heterocycles. The van der Waals surface area contributed by atoms with E-state index in [1.54, 1.807) is 0 Å². The first-order valence-corrected chi connectivity index (χ1v) is 23.7. The van der Waals surface area contributed by atoms with Gasteiger partial charge in [-0.3, -0.25) is 0 Å². The van der Waals surface area contributed by atoms with E-state index >= 15 is 0 Å². The van der Waals surface area contributed by atoms with Gasteiger partial charge in [-0.05, 0) is 149 Å². The minimum Gasteiger partial charge on any atom is -0.311 e. The van der Waals surface area contributed by atoms with Crippen LogP contribution in [0.15, 0.2) is 115 Å². The highest BCUT2D eigenvalue weighted by Crippen LogP contribution is 2.52. The Labute approximate surface area is 381 Å². The predicted octanol–water partition coefficient (Wildman–Crippen LogP) is 15.0. The van der Waals surface area contributed by atoms with Crippen molar-refractivity contribution in [1.29, 1.82) is 0 Å². The molecule has 63 heavy (non-hydrogen) atoms. The summed E-state index contributed by atoms with van der Waals surface area (Å²) in [5, 5.41) is 0. The second-order valence-electron chi connectivity index (χ2n) is 24.7. The molecule has 324 valence electrons. The molecule has 0 bridgehead atoms. The number of hydrogen-bond acceptors (Lipinski definition) is 2. The monoisotopic (exact) mass is 831 g/mol. The van der Waals surface area contributed by atoms with Crippen LogP contribution < -0.4 is 26.2 Å². The maximum absolute atomic E-state index is 2.70. The van der Waals surface area contributed by atoms with Crippen LogP contribution in [0.1, 0.15) is 157 Å². The molecule has 9 rings (SSSR count). The van der Waals surface area contributed by atoms with Gasteiger partial charge in [-0.25, -0.2) is 0 Å². The van der Waals surface area contributed by atoms with Gasteiger partial charge in [0.05, 0.1) is 5.69 Å². The average molecular weight is 831 g/mol. The summed E-state index contributed by atoms with van der Waals surface area (Å²) in [6.45, 7) is 38.1. The molecular weight excluding hydrogens is 759 g/mol. The predicted molar refractivity (Wildman–Crippen MR) is 276 cm³/mol. The van der Waals surface area contributed by atoms with Crippen LogP contribution in [-0.2, 0) is 32.5 Å². The first-order chi connectivity index (χ1) is 29.3. The molecule has 3 heteroatoms. The molecule has 0 radical (unpaired) electrons. The Hall–Kier alpha value is -5.02. The average Bonchev–Trinajstić information content (AvgIpc) is 3.20. The second kappa shape index (κ2) is 14.2. The van der Waals surface area contributed by atoms with Crippen LogP contribution in [0.25, 0.3) is 11.1 Å². The molecule has 0 atom stereocenters. The lowest BCUT2D eigenvalue weighted by atomic mass is 9.32. The lowest BCUT2D eigenvalue weighted by molar-refractivity contribution is 0.332. The molecule has 0 aromatic heterocycles. The Bertz CT molecular complexity index is 2760. The molecule has 6 aromatic rings. The molecule has 0 fully saturated rings. The topological polar surface area (TPSA) is 6.48 Å². The van der Waals surface area contributed by atoms with E-state index in [1.807, 2.05) is 0 Å². The molecule has 3 aliphatic rings. The highest BCUT2D eigenvalue weighted by molar-refractivity contribution is 7.00. The van der Waals surface area contributed by atoms with Crippen molar-refractivity contribution in [3.8, 4) is 11.1 Å². The summed E-state index contributed by atoms with van der Waals surface area (Å²) in [6, 6.07) is 45.7. The van der Waals surface area contributed by atoms with Crippen molar-refractivity contribution in [1.82, 2.24) is 0 Å². The van der Waals surface area contributed by atoms with Crippen molar-refractivity contribution in [2.24, 2.45) is 0 Å². The van der Waals surface area contributed by atoms with Crippen molar-refractivity contribution < 1.29 is 0 Å². The standard InChI is InChI=1S/C60H71BN2/c1-55(2,3)39-22-26-43(27-23-39)62-50-29-25-41(57(7,8)9)33-47(50)61-48-36-45-46(60(15,16)31-30-59(45,13)14)37-51(48)63(53-35-42(58(10,11)12)34-52(62)54(53)61)49-28-24-40(56(4,5)6)32-44(49)38-20-18-17-19-21-38/h17-29,32-37H,30-31H2,1-16H3. The number of rotatable bonds is 3. The van der Waals surface area contributed by atoms with E-state index in [1.165, 1.54) is 108 Å². The van der Waals surface area contributed by atoms with Gasteiger partial charge in [0.15, 0.2) is 0 Å². The van der Waals surface area contributed by atoms with Gasteiger partial charge >= 0.3 is 0 Å². The largest absolute Gasteiger partial charge is 0.311 e. The molecule has 1 aliphatic carbocycles. The van der Waals surface area contributed by atoms with Crippen LogP contribution >= 0.6 is 0 Å². The Kier molecular flexibility index (Phi) is 9.78. The van der Waals surface area contributed by atoms with Crippen LogP contribution in [0.2, 0.25) is 0 Å². The summed E-state index contributed by atoms with van der Waals surface area (Å²) in [5.41, 5.74) is 22.7. The van der Waals surface area contributed by atoms with Crippen LogP contribution in [0.3, 0.4) is 0 Å². The Morgan fingerprint density at radius 3 is 1.44 bits per heavy atom. The van der Waals surface area contributed by atoms with Crippen molar-refractivity contribution in [3.05, 3.63) is 149 Å². The minimum absolute atomic E-state index is 0.00946. The molecule has 0 N–H and O–H groups in total. The minimum atomic E-state index is -0.106. The van der Waals surface area contributed by atoms with Crippen molar-refractivity contribution in [3.63, 3.8) is 0 Å². The van der Waals surface area contributed by atoms with Gasteiger partial charge in [-0.15, -0.1) is 0 Å². The molecule has 6 aromatic carbocycles. The second-order valence-corrected chi connectivity index (χ2v) is 24.7. The summed E-state index contributed by atoms with van der Waals surface area (Å²) in [5.74, 6) is 0. The van der Waals surface area contributed by atoms with Crippen molar-refractivity contribution in [2.45, 2.75) is 156 Å². The maximum atomic E-state index is 2.70. The zero-order chi connectivity index (χ0) is 45.4. The Morgan fingerprint density at radius 1 is 0.413 bits per heavy atom. The van der Waals surface area contributed by atoms with Crippen LogP contribution in [0.5, 0.6) is 0 Å². The van der Waals surface area contributed by atoms with Gasteiger partial charge in [0.25, 0.3) is 6.71 Å². The summed E-state index contributed by atoms with van der Waals surface area (Å²) in [6.07, 6.45) is 2.34. The van der Waals surface area contributed by atoms with E-state index in [0.29, 0.717) is 0 Å². The van der Waals surface area contributed by atoms with E-state index in [4.69, 9.17) is 0 Å². The van der Waals surface area contributed by atoms with Gasteiger partial charge in [0.2, 0.25) is 0 Å². The van der Waals surface area contributed by atoms with Crippen molar-refractivity contribution in [2.75, 3.05) is 9.80 Å². The van der Waals surface area contributed by atoms with Gasteiger partial charge < -0.3 is 9.80 Å². The van der Waals surface area contributed by atoms with E-state index in [9.17, 15) is 0 Å². The lowest BCUT2D eigenvalue weighted by Crippen LogP contribution is -2.62. The fourth-order valence-corrected chi connectivity index (χ4v) is 10.7. The summed E-state index contributed by atoms with van der Waals surface area (Å²) >= 11 is 0. The summed E-state index contributed by atoms with van der Waals surface area (Å²) in [4.78, 5) is 5.31. The smallest absolute Gasteiger partial charge is 0.252 e. The number of anilines is 6. The SMILES string of the molecule is CC(C)(C)c1ccc(N2c3ccc(C(C)(C)C)cc3B3c4cc5c(cc4N(c4ccc(C(C)(C)C)cc4-c4ccccc4)c4cc(C(C)(C)C)cc2c43)C(C)(C)CCC5(C)C)cc1. The molecule has 0 amide bonds. The Balaban J connectivity index is 1.46. The fourth-order valence-electron chi connectivity index (χ4n) is 10.7. The lowest BCUT2D eigenvalue weighted by Gasteiger charge is -2.48. The molecule has 0 unspecified atom stereocenters. The molecule has 0 saturated carbocycles. The summed E-state index contributed by atoms with van der Waals surface area (Å²) in [7, 11) is 0. The normalized spacial score (nSPS) is 16.6. The van der Waals surface area contributed by atoms with Gasteiger partial charge in [-0.1, -0.05) is 178 Å². The van der Waals surface area contributed by atoms with Crippen LogP contribution in [0, 0.1) is 0 Å². The third-order valence-electron chi connectivity index (χ3n) is 15.0. The van der Waals surface area contributed by atoms with Crippen LogP contribution in [0.4, 0.5) is 34.1 Å². The van der Waals surface area contributed by atoms with E-state index in [-0.39, 0.29) is 39.2 Å². The third kappa shape index (κ3) is 7.27. The maximum Gasteiger partial charge on any atom is 0.252 e. The molecule has 2 aliphatic heterocycles. The van der Waals surface area contributed by atoms with Gasteiger partial charge in [0.1, 0.15) is 0 Å². The quantitative estimate of drug-likeness (QED) is 0.164.